The molecule has 0 aliphatic carbocycles. The Bertz CT molecular complexity index is 998. The van der Waals surface area contributed by atoms with Gasteiger partial charge in [0.2, 0.25) is 0 Å². The Morgan fingerprint density at radius 1 is 1.10 bits per heavy atom. The Hall–Kier alpha value is -2.90. The van der Waals surface area contributed by atoms with Crippen molar-refractivity contribution < 1.29 is 14.1 Å². The van der Waals surface area contributed by atoms with Crippen LogP contribution in [0.4, 0.5) is 0 Å². The van der Waals surface area contributed by atoms with Crippen molar-refractivity contribution in [3.8, 4) is 17.2 Å². The second kappa shape index (κ2) is 9.28. The van der Waals surface area contributed by atoms with Gasteiger partial charge in [0, 0.05) is 43.9 Å². The van der Waals surface area contributed by atoms with Crippen LogP contribution in [-0.4, -0.2) is 65.2 Å². The third kappa shape index (κ3) is 4.80. The Kier molecular flexibility index (Phi) is 6.30. The first-order valence-corrected chi connectivity index (χ1v) is 10.3. The quantitative estimate of drug-likeness (QED) is 0.600. The SMILES string of the molecule is Cc1noc(-c2ccc(C(=O)N3CCN(CCOc4ccccc4Cl)CC3)cc2)n1. The van der Waals surface area contributed by atoms with Crippen LogP contribution < -0.4 is 4.74 Å². The van der Waals surface area contributed by atoms with Crippen LogP contribution in [0.5, 0.6) is 5.75 Å². The lowest BCUT2D eigenvalue weighted by molar-refractivity contribution is 0.0620. The standard InChI is InChI=1S/C22H23ClN4O3/c1-16-24-21(30-25-16)17-6-8-18(9-7-17)22(28)27-12-10-26(11-13-27)14-15-29-20-5-3-2-4-19(20)23/h2-9H,10-15H2,1H3. The summed E-state index contributed by atoms with van der Waals surface area (Å²) in [6, 6.07) is 14.7. The molecule has 2 heterocycles. The lowest BCUT2D eigenvalue weighted by Gasteiger charge is -2.34. The molecule has 0 bridgehead atoms. The van der Waals surface area contributed by atoms with Gasteiger partial charge < -0.3 is 14.2 Å². The van der Waals surface area contributed by atoms with Crippen LogP contribution in [0.15, 0.2) is 53.1 Å². The minimum Gasteiger partial charge on any atom is -0.491 e. The van der Waals surface area contributed by atoms with Crippen LogP contribution in [0.2, 0.25) is 5.02 Å². The summed E-state index contributed by atoms with van der Waals surface area (Å²) >= 11 is 6.11. The highest BCUT2D eigenvalue weighted by molar-refractivity contribution is 6.32. The van der Waals surface area contributed by atoms with Gasteiger partial charge in [0.1, 0.15) is 12.4 Å². The number of rotatable bonds is 6. The second-order valence-corrected chi connectivity index (χ2v) is 7.54. The van der Waals surface area contributed by atoms with E-state index in [1.54, 1.807) is 19.1 Å². The molecular formula is C22H23ClN4O3. The van der Waals surface area contributed by atoms with E-state index in [-0.39, 0.29) is 5.91 Å². The first-order chi connectivity index (χ1) is 14.6. The molecule has 1 aromatic heterocycles. The van der Waals surface area contributed by atoms with E-state index in [4.69, 9.17) is 20.9 Å². The number of carbonyl (C=O) groups excluding carboxylic acids is 1. The molecule has 1 saturated heterocycles. The summed E-state index contributed by atoms with van der Waals surface area (Å²) in [6.07, 6.45) is 0. The first kappa shape index (κ1) is 20.4. The molecule has 3 aromatic rings. The topological polar surface area (TPSA) is 71.7 Å². The van der Waals surface area contributed by atoms with Gasteiger partial charge in [-0.3, -0.25) is 9.69 Å². The summed E-state index contributed by atoms with van der Waals surface area (Å²) in [4.78, 5) is 21.2. The fourth-order valence-electron chi connectivity index (χ4n) is 3.37. The molecule has 4 rings (SSSR count). The molecule has 1 amide bonds. The Morgan fingerprint density at radius 3 is 2.50 bits per heavy atom. The molecule has 0 unspecified atom stereocenters. The zero-order chi connectivity index (χ0) is 20.9. The molecule has 30 heavy (non-hydrogen) atoms. The molecule has 0 atom stereocenters. The predicted octanol–water partition coefficient (Wildman–Crippen LogP) is 3.54. The van der Waals surface area contributed by atoms with Crippen molar-refractivity contribution in [3.63, 3.8) is 0 Å². The molecule has 1 aliphatic heterocycles. The van der Waals surface area contributed by atoms with Crippen molar-refractivity contribution in [1.82, 2.24) is 19.9 Å². The average Bonchev–Trinajstić information content (AvgIpc) is 3.21. The van der Waals surface area contributed by atoms with E-state index in [1.165, 1.54) is 0 Å². The van der Waals surface area contributed by atoms with Crippen molar-refractivity contribution in [3.05, 3.63) is 64.9 Å². The number of aromatic nitrogens is 2. The maximum atomic E-state index is 12.8. The second-order valence-electron chi connectivity index (χ2n) is 7.14. The minimum atomic E-state index is 0.0372. The highest BCUT2D eigenvalue weighted by Crippen LogP contribution is 2.23. The Morgan fingerprint density at radius 2 is 1.83 bits per heavy atom. The number of piperazine rings is 1. The summed E-state index contributed by atoms with van der Waals surface area (Å²) in [5.41, 5.74) is 1.46. The number of carbonyl (C=O) groups is 1. The van der Waals surface area contributed by atoms with Crippen LogP contribution in [0.3, 0.4) is 0 Å². The van der Waals surface area contributed by atoms with Gasteiger partial charge in [-0.25, -0.2) is 0 Å². The van der Waals surface area contributed by atoms with E-state index in [1.807, 2.05) is 41.3 Å². The number of hydrogen-bond acceptors (Lipinski definition) is 6. The molecular weight excluding hydrogens is 404 g/mol. The maximum Gasteiger partial charge on any atom is 0.257 e. The zero-order valence-corrected chi connectivity index (χ0v) is 17.5. The molecule has 1 fully saturated rings. The van der Waals surface area contributed by atoms with Crippen LogP contribution in [0.25, 0.3) is 11.5 Å². The molecule has 1 aliphatic rings. The summed E-state index contributed by atoms with van der Waals surface area (Å²) in [5, 5.41) is 4.41. The molecule has 0 N–H and O–H groups in total. The first-order valence-electron chi connectivity index (χ1n) is 9.90. The number of benzene rings is 2. The van der Waals surface area contributed by atoms with E-state index in [2.05, 4.69) is 15.0 Å². The number of nitrogens with zero attached hydrogens (tertiary/aromatic N) is 4. The van der Waals surface area contributed by atoms with Crippen molar-refractivity contribution in [2.75, 3.05) is 39.3 Å². The van der Waals surface area contributed by atoms with Crippen molar-refractivity contribution in [2.24, 2.45) is 0 Å². The molecule has 156 valence electrons. The van der Waals surface area contributed by atoms with E-state index in [9.17, 15) is 4.79 Å². The van der Waals surface area contributed by atoms with Crippen molar-refractivity contribution in [2.45, 2.75) is 6.92 Å². The number of ether oxygens (including phenoxy) is 1. The average molecular weight is 427 g/mol. The lowest BCUT2D eigenvalue weighted by Crippen LogP contribution is -2.49. The summed E-state index contributed by atoms with van der Waals surface area (Å²) in [5.74, 6) is 1.78. The number of para-hydroxylation sites is 1. The van der Waals surface area contributed by atoms with E-state index < -0.39 is 0 Å². The van der Waals surface area contributed by atoms with Crippen molar-refractivity contribution >= 4 is 17.5 Å². The predicted molar refractivity (Wildman–Crippen MR) is 114 cm³/mol. The minimum absolute atomic E-state index is 0.0372. The molecule has 7 nitrogen and oxygen atoms in total. The zero-order valence-electron chi connectivity index (χ0n) is 16.8. The maximum absolute atomic E-state index is 12.8. The summed E-state index contributed by atoms with van der Waals surface area (Å²) in [6.45, 7) is 6.15. The van der Waals surface area contributed by atoms with Crippen LogP contribution in [0.1, 0.15) is 16.2 Å². The highest BCUT2D eigenvalue weighted by Gasteiger charge is 2.22. The largest absolute Gasteiger partial charge is 0.491 e. The molecule has 8 heteroatoms. The number of aryl methyl sites for hydroxylation is 1. The summed E-state index contributed by atoms with van der Waals surface area (Å²) < 4.78 is 10.9. The van der Waals surface area contributed by atoms with Gasteiger partial charge >= 0.3 is 0 Å². The van der Waals surface area contributed by atoms with Crippen LogP contribution in [-0.2, 0) is 0 Å². The lowest BCUT2D eigenvalue weighted by atomic mass is 10.1. The smallest absolute Gasteiger partial charge is 0.257 e. The van der Waals surface area contributed by atoms with Gasteiger partial charge in [0.15, 0.2) is 5.82 Å². The third-order valence-corrected chi connectivity index (χ3v) is 5.38. The number of amides is 1. The van der Waals surface area contributed by atoms with Crippen LogP contribution in [0, 0.1) is 6.92 Å². The van der Waals surface area contributed by atoms with Gasteiger partial charge in [-0.2, -0.15) is 4.98 Å². The molecule has 0 radical (unpaired) electrons. The Balaban J connectivity index is 1.25. The highest BCUT2D eigenvalue weighted by atomic mass is 35.5. The number of hydrogen-bond donors (Lipinski definition) is 0. The third-order valence-electron chi connectivity index (χ3n) is 5.07. The molecule has 0 spiro atoms. The van der Waals surface area contributed by atoms with Gasteiger partial charge in [0.25, 0.3) is 11.8 Å². The summed E-state index contributed by atoms with van der Waals surface area (Å²) in [7, 11) is 0. The van der Waals surface area contributed by atoms with Gasteiger partial charge in [-0.05, 0) is 43.3 Å². The van der Waals surface area contributed by atoms with Crippen LogP contribution >= 0.6 is 11.6 Å². The van der Waals surface area contributed by atoms with Gasteiger partial charge in [-0.1, -0.05) is 28.9 Å². The molecule has 2 aromatic carbocycles. The van der Waals surface area contributed by atoms with E-state index in [0.29, 0.717) is 47.7 Å². The Labute approximate surface area is 180 Å². The number of halogens is 1. The van der Waals surface area contributed by atoms with Crippen molar-refractivity contribution in [1.29, 1.82) is 0 Å². The van der Waals surface area contributed by atoms with E-state index >= 15 is 0 Å². The fourth-order valence-corrected chi connectivity index (χ4v) is 3.56. The fraction of sp³-hybridized carbons (Fsp3) is 0.318. The van der Waals surface area contributed by atoms with E-state index in [0.717, 1.165) is 25.2 Å². The normalized spacial score (nSPS) is 14.7. The monoisotopic (exact) mass is 426 g/mol. The van der Waals surface area contributed by atoms with Gasteiger partial charge in [0.05, 0.1) is 5.02 Å². The molecule has 0 saturated carbocycles. The van der Waals surface area contributed by atoms with Gasteiger partial charge in [-0.15, -0.1) is 0 Å².